The van der Waals surface area contributed by atoms with Gasteiger partial charge in [-0.05, 0) is 6.92 Å². The van der Waals surface area contributed by atoms with Gasteiger partial charge in [0.1, 0.15) is 5.82 Å². The van der Waals surface area contributed by atoms with Gasteiger partial charge in [-0.1, -0.05) is 6.92 Å². The van der Waals surface area contributed by atoms with Crippen molar-refractivity contribution in [1.29, 1.82) is 0 Å². The number of nitrogens with two attached hydrogens (primary N) is 1. The lowest BCUT2D eigenvalue weighted by atomic mass is 10.0. The smallest absolute Gasteiger partial charge is 0.319 e. The maximum Gasteiger partial charge on any atom is 0.319 e. The number of amides is 1. The van der Waals surface area contributed by atoms with Crippen molar-refractivity contribution < 1.29 is 13.6 Å². The van der Waals surface area contributed by atoms with E-state index in [1.165, 1.54) is 17.3 Å². The highest BCUT2D eigenvalue weighted by molar-refractivity contribution is 5.85. The summed E-state index contributed by atoms with van der Waals surface area (Å²) in [6.07, 6.45) is 2.47. The van der Waals surface area contributed by atoms with E-state index in [2.05, 4.69) is 4.98 Å². The molecule has 0 aromatic carbocycles. The number of halogens is 4. The van der Waals surface area contributed by atoms with E-state index in [0.717, 1.165) is 4.57 Å². The van der Waals surface area contributed by atoms with Gasteiger partial charge in [-0.3, -0.25) is 9.36 Å². The molecule has 2 atom stereocenters. The van der Waals surface area contributed by atoms with Crippen LogP contribution in [0.3, 0.4) is 0 Å². The van der Waals surface area contributed by atoms with Crippen LogP contribution in [0.15, 0.2) is 12.4 Å². The monoisotopic (exact) mass is 332 g/mol. The Hall–Kier alpha value is -0.920. The summed E-state index contributed by atoms with van der Waals surface area (Å²) in [6, 6.07) is -0.283. The maximum atomic E-state index is 12.6. The molecule has 1 rings (SSSR count). The van der Waals surface area contributed by atoms with Gasteiger partial charge in [0.05, 0.1) is 12.5 Å². The van der Waals surface area contributed by atoms with Crippen LogP contribution in [0.2, 0.25) is 0 Å². The molecule has 1 aromatic heterocycles. The molecule has 20 heavy (non-hydrogen) atoms. The van der Waals surface area contributed by atoms with Gasteiger partial charge in [0.2, 0.25) is 5.91 Å². The Balaban J connectivity index is 0. The van der Waals surface area contributed by atoms with Crippen LogP contribution in [-0.2, 0) is 11.3 Å². The molecule has 0 saturated heterocycles. The molecule has 0 saturated carbocycles. The Morgan fingerprint density at radius 3 is 2.45 bits per heavy atom. The number of nitrogens with zero attached hydrogens (tertiary/aromatic N) is 3. The van der Waals surface area contributed by atoms with Crippen molar-refractivity contribution in [2.24, 2.45) is 11.7 Å². The molecular weight excluding hydrogens is 313 g/mol. The Kier molecular flexibility index (Phi) is 9.72. The molecule has 2 unspecified atom stereocenters. The standard InChI is InChI=1S/C11H18F2N4O.2ClH/c1-7(8(2)14)10(18)16(3)6-9-15-4-5-17(9)11(12)13;;/h4-5,7-8,11H,6,14H2,1-3H3;2*1H. The van der Waals surface area contributed by atoms with Gasteiger partial charge >= 0.3 is 6.55 Å². The van der Waals surface area contributed by atoms with Crippen molar-refractivity contribution >= 4 is 30.7 Å². The third kappa shape index (κ3) is 5.22. The van der Waals surface area contributed by atoms with Gasteiger partial charge in [-0.2, -0.15) is 8.78 Å². The van der Waals surface area contributed by atoms with Crippen molar-refractivity contribution in [3.63, 3.8) is 0 Å². The molecule has 2 N–H and O–H groups in total. The molecule has 0 aliphatic carbocycles. The molecule has 1 heterocycles. The van der Waals surface area contributed by atoms with Crippen molar-refractivity contribution in [2.45, 2.75) is 33.0 Å². The van der Waals surface area contributed by atoms with Crippen molar-refractivity contribution in [1.82, 2.24) is 14.5 Å². The molecule has 5 nitrogen and oxygen atoms in total. The zero-order chi connectivity index (χ0) is 13.9. The average Bonchev–Trinajstić information content (AvgIpc) is 2.74. The number of carbonyl (C=O) groups excluding carboxylic acids is 1. The van der Waals surface area contributed by atoms with Crippen molar-refractivity contribution in [3.8, 4) is 0 Å². The minimum Gasteiger partial charge on any atom is -0.338 e. The van der Waals surface area contributed by atoms with Crippen LogP contribution in [0.25, 0.3) is 0 Å². The molecular formula is C11H20Cl2F2N4O. The molecule has 118 valence electrons. The summed E-state index contributed by atoms with van der Waals surface area (Å²) in [7, 11) is 1.55. The first-order valence-electron chi connectivity index (χ1n) is 5.65. The highest BCUT2D eigenvalue weighted by Gasteiger charge is 2.22. The minimum atomic E-state index is -2.66. The van der Waals surface area contributed by atoms with Gasteiger partial charge in [-0.15, -0.1) is 24.8 Å². The highest BCUT2D eigenvalue weighted by Crippen LogP contribution is 2.14. The summed E-state index contributed by atoms with van der Waals surface area (Å²) >= 11 is 0. The number of hydrogen-bond acceptors (Lipinski definition) is 3. The van der Waals surface area contributed by atoms with Crippen LogP contribution in [0.1, 0.15) is 26.2 Å². The van der Waals surface area contributed by atoms with E-state index >= 15 is 0 Å². The first-order valence-corrected chi connectivity index (χ1v) is 5.65. The molecule has 0 aliphatic heterocycles. The third-order valence-electron chi connectivity index (χ3n) is 2.89. The van der Waals surface area contributed by atoms with E-state index in [9.17, 15) is 13.6 Å². The summed E-state index contributed by atoms with van der Waals surface area (Å²) in [4.78, 5) is 17.1. The first-order chi connectivity index (χ1) is 8.34. The SMILES string of the molecule is CC(N)C(C)C(=O)N(C)Cc1nccn1C(F)F.Cl.Cl. The van der Waals surface area contributed by atoms with Gasteiger partial charge in [0.25, 0.3) is 0 Å². The van der Waals surface area contributed by atoms with Crippen LogP contribution >= 0.6 is 24.8 Å². The second-order valence-electron chi connectivity index (χ2n) is 4.37. The van der Waals surface area contributed by atoms with E-state index in [1.54, 1.807) is 20.9 Å². The Bertz CT molecular complexity index is 415. The van der Waals surface area contributed by atoms with Gasteiger partial charge < -0.3 is 10.6 Å². The lowest BCUT2D eigenvalue weighted by Crippen LogP contribution is -2.39. The second-order valence-corrected chi connectivity index (χ2v) is 4.37. The number of aromatic nitrogens is 2. The van der Waals surface area contributed by atoms with E-state index in [4.69, 9.17) is 5.73 Å². The second kappa shape index (κ2) is 9.10. The number of hydrogen-bond donors (Lipinski definition) is 1. The van der Waals surface area contributed by atoms with Crippen LogP contribution in [0.5, 0.6) is 0 Å². The summed E-state index contributed by atoms with van der Waals surface area (Å²) < 4.78 is 25.9. The number of carbonyl (C=O) groups is 1. The highest BCUT2D eigenvalue weighted by atomic mass is 35.5. The van der Waals surface area contributed by atoms with Crippen molar-refractivity contribution in [3.05, 3.63) is 18.2 Å². The Morgan fingerprint density at radius 1 is 1.45 bits per heavy atom. The van der Waals surface area contributed by atoms with Gasteiger partial charge in [0, 0.05) is 25.5 Å². The summed E-state index contributed by atoms with van der Waals surface area (Å²) in [5.41, 5.74) is 5.64. The van der Waals surface area contributed by atoms with Gasteiger partial charge in [0.15, 0.2) is 0 Å². The fourth-order valence-electron chi connectivity index (χ4n) is 1.51. The molecule has 0 fully saturated rings. The Morgan fingerprint density at radius 2 is 2.00 bits per heavy atom. The first kappa shape index (κ1) is 21.4. The normalized spacial score (nSPS) is 13.2. The van der Waals surface area contributed by atoms with E-state index in [-0.39, 0.29) is 55.1 Å². The molecule has 0 radical (unpaired) electrons. The van der Waals surface area contributed by atoms with Crippen LogP contribution in [0.4, 0.5) is 8.78 Å². The number of rotatable bonds is 5. The van der Waals surface area contributed by atoms with E-state index < -0.39 is 6.55 Å². The van der Waals surface area contributed by atoms with Crippen molar-refractivity contribution in [2.75, 3.05) is 7.05 Å². The molecule has 1 amide bonds. The predicted octanol–water partition coefficient (Wildman–Crippen LogP) is 2.06. The fraction of sp³-hybridized carbons (Fsp3) is 0.636. The maximum absolute atomic E-state index is 12.6. The lowest BCUT2D eigenvalue weighted by molar-refractivity contribution is -0.134. The number of alkyl halides is 2. The zero-order valence-corrected chi connectivity index (χ0v) is 13.1. The van der Waals surface area contributed by atoms with E-state index in [0.29, 0.717) is 0 Å². The summed E-state index contributed by atoms with van der Waals surface area (Å²) in [6.45, 7) is 0.823. The van der Waals surface area contributed by atoms with Crippen LogP contribution in [-0.4, -0.2) is 33.4 Å². The lowest BCUT2D eigenvalue weighted by Gasteiger charge is -2.23. The molecule has 0 spiro atoms. The summed E-state index contributed by atoms with van der Waals surface area (Å²) in [5, 5.41) is 0. The van der Waals surface area contributed by atoms with Crippen LogP contribution < -0.4 is 5.73 Å². The topological polar surface area (TPSA) is 64.2 Å². The number of imidazole rings is 1. The molecule has 9 heteroatoms. The minimum absolute atomic E-state index is 0. The largest absolute Gasteiger partial charge is 0.338 e. The molecule has 0 bridgehead atoms. The molecule has 1 aromatic rings. The fourth-order valence-corrected chi connectivity index (χ4v) is 1.51. The average molecular weight is 333 g/mol. The zero-order valence-electron chi connectivity index (χ0n) is 11.5. The van der Waals surface area contributed by atoms with E-state index in [1.807, 2.05) is 0 Å². The molecule has 0 aliphatic rings. The quantitative estimate of drug-likeness (QED) is 0.897. The summed E-state index contributed by atoms with van der Waals surface area (Å²) in [5.74, 6) is -0.392. The Labute approximate surface area is 129 Å². The third-order valence-corrected chi connectivity index (χ3v) is 2.89. The van der Waals surface area contributed by atoms with Gasteiger partial charge in [-0.25, -0.2) is 4.98 Å². The van der Waals surface area contributed by atoms with Crippen LogP contribution in [0, 0.1) is 5.92 Å². The predicted molar refractivity (Wildman–Crippen MR) is 77.3 cm³/mol.